The van der Waals surface area contributed by atoms with Crippen LogP contribution in [0.5, 0.6) is 11.5 Å². The summed E-state index contributed by atoms with van der Waals surface area (Å²) in [5, 5.41) is 3.10. The molecule has 0 heterocycles. The number of nitrogens with one attached hydrogen (secondary N) is 1. The molecule has 5 heteroatoms. The molecule has 2 rings (SSSR count). The first kappa shape index (κ1) is 19.2. The molecule has 0 bridgehead atoms. The second kappa shape index (κ2) is 9.37. The van der Waals surface area contributed by atoms with E-state index in [4.69, 9.17) is 9.47 Å². The Balaban J connectivity index is 1.98. The van der Waals surface area contributed by atoms with Crippen molar-refractivity contribution < 1.29 is 14.3 Å². The number of rotatable bonds is 8. The number of thioether (sulfide) groups is 1. The van der Waals surface area contributed by atoms with Gasteiger partial charge in [0, 0.05) is 4.90 Å². The molecule has 0 aromatic heterocycles. The average molecular weight is 359 g/mol. The molecule has 134 valence electrons. The number of ether oxygens (including phenoxy) is 2. The number of carbonyl (C=O) groups excluding carboxylic acids is 1. The van der Waals surface area contributed by atoms with Crippen LogP contribution in [0, 0.1) is 6.92 Å². The van der Waals surface area contributed by atoms with Crippen LogP contribution >= 0.6 is 11.8 Å². The van der Waals surface area contributed by atoms with Crippen molar-refractivity contribution in [3.05, 3.63) is 53.6 Å². The molecule has 0 fully saturated rings. The van der Waals surface area contributed by atoms with Crippen LogP contribution in [0.15, 0.2) is 47.4 Å². The number of hydrogen-bond acceptors (Lipinski definition) is 4. The molecular weight excluding hydrogens is 334 g/mol. The van der Waals surface area contributed by atoms with Gasteiger partial charge in [-0.15, -0.1) is 11.8 Å². The summed E-state index contributed by atoms with van der Waals surface area (Å²) in [5.74, 6) is 1.77. The highest BCUT2D eigenvalue weighted by molar-refractivity contribution is 8.00. The summed E-state index contributed by atoms with van der Waals surface area (Å²) >= 11 is 1.54. The van der Waals surface area contributed by atoms with E-state index in [0.717, 1.165) is 16.9 Å². The Morgan fingerprint density at radius 1 is 1.08 bits per heavy atom. The standard InChI is InChI=1S/C20H25NO3S/c1-5-17(15-8-11-18(23-3)19(12-15)24-4)21-20(22)13-25-16-9-6-14(2)7-10-16/h6-12,17H,5,13H2,1-4H3,(H,21,22)/t17-/m0/s1. The van der Waals surface area contributed by atoms with Crippen molar-refractivity contribution in [3.8, 4) is 11.5 Å². The van der Waals surface area contributed by atoms with Gasteiger partial charge >= 0.3 is 0 Å². The number of aryl methyl sites for hydroxylation is 1. The van der Waals surface area contributed by atoms with Gasteiger partial charge in [0.2, 0.25) is 5.91 Å². The topological polar surface area (TPSA) is 47.6 Å². The van der Waals surface area contributed by atoms with Gasteiger partial charge in [0.1, 0.15) is 0 Å². The SMILES string of the molecule is CC[C@H](NC(=O)CSc1ccc(C)cc1)c1ccc(OC)c(OC)c1. The Labute approximate surface area is 153 Å². The summed E-state index contributed by atoms with van der Waals surface area (Å²) in [6, 6.07) is 13.9. The van der Waals surface area contributed by atoms with E-state index >= 15 is 0 Å². The normalized spacial score (nSPS) is 11.7. The van der Waals surface area contributed by atoms with Crippen molar-refractivity contribution in [1.29, 1.82) is 0 Å². The van der Waals surface area contributed by atoms with Gasteiger partial charge in [0.15, 0.2) is 11.5 Å². The number of carbonyl (C=O) groups is 1. The van der Waals surface area contributed by atoms with Crippen molar-refractivity contribution in [2.45, 2.75) is 31.2 Å². The summed E-state index contributed by atoms with van der Waals surface area (Å²) in [5.41, 5.74) is 2.22. The predicted octanol–water partition coefficient (Wildman–Crippen LogP) is 4.37. The molecular formula is C20H25NO3S. The third kappa shape index (κ3) is 5.43. The van der Waals surface area contributed by atoms with E-state index in [0.29, 0.717) is 17.3 Å². The van der Waals surface area contributed by atoms with Crippen molar-refractivity contribution in [3.63, 3.8) is 0 Å². The lowest BCUT2D eigenvalue weighted by molar-refractivity contribution is -0.119. The van der Waals surface area contributed by atoms with Gasteiger partial charge in [-0.2, -0.15) is 0 Å². The number of methoxy groups -OCH3 is 2. The van der Waals surface area contributed by atoms with E-state index in [1.807, 2.05) is 30.3 Å². The van der Waals surface area contributed by atoms with E-state index in [2.05, 4.69) is 31.3 Å². The third-order valence-corrected chi connectivity index (χ3v) is 4.96. The third-order valence-electron chi connectivity index (χ3n) is 3.94. The van der Waals surface area contributed by atoms with Crippen LogP contribution in [0.3, 0.4) is 0 Å². The first-order valence-corrected chi connectivity index (χ1v) is 9.26. The van der Waals surface area contributed by atoms with E-state index in [-0.39, 0.29) is 11.9 Å². The molecule has 1 atom stereocenters. The molecule has 0 aliphatic carbocycles. The van der Waals surface area contributed by atoms with Crippen molar-refractivity contribution in [2.24, 2.45) is 0 Å². The highest BCUT2D eigenvalue weighted by atomic mass is 32.2. The van der Waals surface area contributed by atoms with Gasteiger partial charge in [-0.1, -0.05) is 30.7 Å². The molecule has 0 spiro atoms. The molecule has 25 heavy (non-hydrogen) atoms. The Hall–Kier alpha value is -2.14. The highest BCUT2D eigenvalue weighted by Crippen LogP contribution is 2.31. The summed E-state index contributed by atoms with van der Waals surface area (Å²) < 4.78 is 10.6. The van der Waals surface area contributed by atoms with E-state index in [1.54, 1.807) is 26.0 Å². The summed E-state index contributed by atoms with van der Waals surface area (Å²) in [6.07, 6.45) is 0.802. The fourth-order valence-corrected chi connectivity index (χ4v) is 3.22. The van der Waals surface area contributed by atoms with Gasteiger partial charge in [-0.05, 0) is 43.2 Å². The Bertz CT molecular complexity index is 701. The first-order chi connectivity index (χ1) is 12.1. The van der Waals surface area contributed by atoms with Gasteiger partial charge in [0.05, 0.1) is 26.0 Å². The van der Waals surface area contributed by atoms with Crippen molar-refractivity contribution in [1.82, 2.24) is 5.32 Å². The molecule has 0 aliphatic heterocycles. The lowest BCUT2D eigenvalue weighted by Crippen LogP contribution is -2.29. The van der Waals surface area contributed by atoms with E-state index in [9.17, 15) is 4.79 Å². The lowest BCUT2D eigenvalue weighted by atomic mass is 10.0. The average Bonchev–Trinajstić information content (AvgIpc) is 2.65. The van der Waals surface area contributed by atoms with Crippen LogP contribution in [0.2, 0.25) is 0 Å². The molecule has 2 aromatic rings. The van der Waals surface area contributed by atoms with E-state index < -0.39 is 0 Å². The minimum atomic E-state index is -0.0501. The minimum Gasteiger partial charge on any atom is -0.493 e. The van der Waals surface area contributed by atoms with Crippen LogP contribution in [-0.4, -0.2) is 25.9 Å². The van der Waals surface area contributed by atoms with Crippen molar-refractivity contribution in [2.75, 3.05) is 20.0 Å². The smallest absolute Gasteiger partial charge is 0.230 e. The predicted molar refractivity (Wildman–Crippen MR) is 103 cm³/mol. The van der Waals surface area contributed by atoms with Gasteiger partial charge in [-0.25, -0.2) is 0 Å². The lowest BCUT2D eigenvalue weighted by Gasteiger charge is -2.19. The molecule has 0 radical (unpaired) electrons. The number of benzene rings is 2. The van der Waals surface area contributed by atoms with Crippen LogP contribution in [0.1, 0.15) is 30.5 Å². The molecule has 4 nitrogen and oxygen atoms in total. The molecule has 0 saturated carbocycles. The zero-order valence-electron chi connectivity index (χ0n) is 15.2. The Kier molecular flexibility index (Phi) is 7.19. The largest absolute Gasteiger partial charge is 0.493 e. The summed E-state index contributed by atoms with van der Waals surface area (Å²) in [7, 11) is 3.22. The monoisotopic (exact) mass is 359 g/mol. The van der Waals surface area contributed by atoms with Crippen LogP contribution in [-0.2, 0) is 4.79 Å². The van der Waals surface area contributed by atoms with Crippen LogP contribution in [0.4, 0.5) is 0 Å². The maximum Gasteiger partial charge on any atom is 0.230 e. The second-order valence-corrected chi connectivity index (χ2v) is 6.79. The molecule has 1 amide bonds. The van der Waals surface area contributed by atoms with Gasteiger partial charge < -0.3 is 14.8 Å². The number of amides is 1. The molecule has 0 saturated heterocycles. The van der Waals surface area contributed by atoms with Crippen molar-refractivity contribution >= 4 is 17.7 Å². The molecule has 0 unspecified atom stereocenters. The maximum atomic E-state index is 12.3. The molecule has 0 aliphatic rings. The maximum absolute atomic E-state index is 12.3. The zero-order chi connectivity index (χ0) is 18.2. The summed E-state index contributed by atoms with van der Waals surface area (Å²) in [6.45, 7) is 4.10. The van der Waals surface area contributed by atoms with Gasteiger partial charge in [-0.3, -0.25) is 4.79 Å². The number of hydrogen-bond donors (Lipinski definition) is 1. The fraction of sp³-hybridized carbons (Fsp3) is 0.350. The minimum absolute atomic E-state index is 0.0206. The molecule has 1 N–H and O–H groups in total. The van der Waals surface area contributed by atoms with E-state index in [1.165, 1.54) is 5.56 Å². The summed E-state index contributed by atoms with van der Waals surface area (Å²) in [4.78, 5) is 13.4. The Morgan fingerprint density at radius 2 is 1.76 bits per heavy atom. The first-order valence-electron chi connectivity index (χ1n) is 8.28. The second-order valence-electron chi connectivity index (χ2n) is 5.74. The van der Waals surface area contributed by atoms with Crippen LogP contribution < -0.4 is 14.8 Å². The Morgan fingerprint density at radius 3 is 2.36 bits per heavy atom. The zero-order valence-corrected chi connectivity index (χ0v) is 16.0. The van der Waals surface area contributed by atoms with Gasteiger partial charge in [0.25, 0.3) is 0 Å². The highest BCUT2D eigenvalue weighted by Gasteiger charge is 2.15. The van der Waals surface area contributed by atoms with Crippen LogP contribution in [0.25, 0.3) is 0 Å². The fourth-order valence-electron chi connectivity index (χ4n) is 2.51. The quantitative estimate of drug-likeness (QED) is 0.711. The molecule has 2 aromatic carbocycles.